The Balaban J connectivity index is -0.0000000221. The molecule has 0 N–H and O–H groups in total. The van der Waals surface area contributed by atoms with E-state index < -0.39 is 7.82 Å². The molecule has 12 heavy (non-hydrogen) atoms. The van der Waals surface area contributed by atoms with E-state index in [1.807, 2.05) is 0 Å². The Morgan fingerprint density at radius 2 is 1.00 bits per heavy atom. The maximum Gasteiger partial charge on any atom is 1.00 e. The van der Waals surface area contributed by atoms with Crippen molar-refractivity contribution >= 4 is 7.82 Å². The summed E-state index contributed by atoms with van der Waals surface area (Å²) in [6.07, 6.45) is 0. The van der Waals surface area contributed by atoms with Crippen molar-refractivity contribution in [3.05, 3.63) is 0 Å². The smallest absolute Gasteiger partial charge is 0.822 e. The molecule has 0 aliphatic heterocycles. The topological polar surface area (TPSA) is 134 Å². The van der Waals surface area contributed by atoms with Gasteiger partial charge < -0.3 is 19.2 Å². The first-order valence-corrected chi connectivity index (χ1v) is 2.89. The van der Waals surface area contributed by atoms with Crippen LogP contribution in [0.3, 0.4) is 0 Å². The third-order valence-electron chi connectivity index (χ3n) is 0.0500. The van der Waals surface area contributed by atoms with Crippen LogP contribution >= 0.6 is 7.82 Å². The van der Waals surface area contributed by atoms with E-state index in [4.69, 9.17) is 29.8 Å². The van der Waals surface area contributed by atoms with E-state index in [1.54, 1.807) is 0 Å². The van der Waals surface area contributed by atoms with Crippen LogP contribution in [0.15, 0.2) is 0 Å². The summed E-state index contributed by atoms with van der Waals surface area (Å²) in [5, 5.41) is 14.5. The van der Waals surface area contributed by atoms with E-state index in [-0.39, 0.29) is 56.6 Å². The van der Waals surface area contributed by atoms with Crippen LogP contribution in [0.2, 0.25) is 0 Å². The van der Waals surface area contributed by atoms with Crippen molar-refractivity contribution in [2.45, 2.75) is 0 Å². The fourth-order valence-corrected chi connectivity index (χ4v) is 0. The molecule has 0 atom stereocenters. The van der Waals surface area contributed by atoms with Crippen molar-refractivity contribution in [3.8, 4) is 12.1 Å². The maximum absolute atomic E-state index is 8.55. The Hall–Kier alpha value is 0.882. The number of nitrogens with zero attached hydrogens (tertiary/aromatic N) is 2. The molecule has 50 valence electrons. The van der Waals surface area contributed by atoms with E-state index in [0.717, 1.165) is 0 Å². The van der Waals surface area contributed by atoms with Gasteiger partial charge in [0.2, 0.25) is 0 Å². The Morgan fingerprint density at radius 3 is 1.00 bits per heavy atom. The van der Waals surface area contributed by atoms with Crippen LogP contribution in [0, 0.1) is 22.7 Å². The predicted molar refractivity (Wildman–Crippen MR) is 18.8 cm³/mol. The number of phosphoric acid groups is 1. The third kappa shape index (κ3) is 300. The van der Waals surface area contributed by atoms with Crippen molar-refractivity contribution < 1.29 is 75.8 Å². The molecule has 6 nitrogen and oxygen atoms in total. The van der Waals surface area contributed by atoms with E-state index >= 15 is 0 Å². The van der Waals surface area contributed by atoms with E-state index in [0.29, 0.717) is 0 Å². The SMILES string of the molecule is N#CC#N.O=P([O-])([O-])[O-].[Li+].[Li+].[Li+]. The summed E-state index contributed by atoms with van der Waals surface area (Å²) in [6.45, 7) is 0. The van der Waals surface area contributed by atoms with Crippen LogP contribution in [0.25, 0.3) is 0 Å². The van der Waals surface area contributed by atoms with Crippen LogP contribution in [0.5, 0.6) is 0 Å². The number of hydrogen-bond donors (Lipinski definition) is 0. The fourth-order valence-electron chi connectivity index (χ4n) is 0. The summed E-state index contributed by atoms with van der Waals surface area (Å²) in [5.74, 6) is 0. The second-order valence-electron chi connectivity index (χ2n) is 0.671. The summed E-state index contributed by atoms with van der Waals surface area (Å²) in [7, 11) is -5.39. The molecule has 0 unspecified atom stereocenters. The summed E-state index contributed by atoms with van der Waals surface area (Å²) < 4.78 is 8.55. The first-order chi connectivity index (χ1) is 3.91. The van der Waals surface area contributed by atoms with Crippen molar-refractivity contribution in [3.63, 3.8) is 0 Å². The van der Waals surface area contributed by atoms with Crippen LogP contribution in [0.4, 0.5) is 0 Å². The van der Waals surface area contributed by atoms with Crippen LogP contribution in [0.1, 0.15) is 0 Å². The van der Waals surface area contributed by atoms with Gasteiger partial charge in [-0.1, -0.05) is 0 Å². The molecule has 10 heteroatoms. The van der Waals surface area contributed by atoms with Gasteiger partial charge in [-0.2, -0.15) is 18.3 Å². The van der Waals surface area contributed by atoms with Gasteiger partial charge in [0.25, 0.3) is 0 Å². The van der Waals surface area contributed by atoms with Gasteiger partial charge in [0.05, 0.1) is 0 Å². The van der Waals surface area contributed by atoms with Crippen LogP contribution in [-0.2, 0) is 4.57 Å². The molecule has 0 saturated carbocycles. The van der Waals surface area contributed by atoms with Crippen molar-refractivity contribution in [1.82, 2.24) is 0 Å². The van der Waals surface area contributed by atoms with Crippen molar-refractivity contribution in [2.24, 2.45) is 0 Å². The van der Waals surface area contributed by atoms with Crippen LogP contribution in [-0.4, -0.2) is 0 Å². The van der Waals surface area contributed by atoms with Gasteiger partial charge in [-0.3, -0.25) is 0 Å². The molecule has 0 aliphatic carbocycles. The predicted octanol–water partition coefficient (Wildman–Crippen LogP) is -11.8. The number of hydrogen-bond acceptors (Lipinski definition) is 6. The molecule has 0 aromatic carbocycles. The van der Waals surface area contributed by atoms with E-state index in [1.165, 1.54) is 12.1 Å². The first-order valence-electron chi connectivity index (χ1n) is 1.43. The minimum absolute atomic E-state index is 0. The zero-order valence-electron chi connectivity index (χ0n) is 6.97. The molecule has 0 heterocycles. The van der Waals surface area contributed by atoms with Gasteiger partial charge in [0.1, 0.15) is 0 Å². The molecular weight excluding hydrogens is 168 g/mol. The summed E-state index contributed by atoms with van der Waals surface area (Å²) in [6, 6.07) is 2.47. The normalized spacial score (nSPS) is 5.75. The Bertz CT molecular complexity index is 171. The second-order valence-corrected chi connectivity index (χ2v) is 1.57. The van der Waals surface area contributed by atoms with Crippen LogP contribution < -0.4 is 71.3 Å². The van der Waals surface area contributed by atoms with Crippen molar-refractivity contribution in [2.75, 3.05) is 0 Å². The summed E-state index contributed by atoms with van der Waals surface area (Å²) >= 11 is 0. The van der Waals surface area contributed by atoms with Gasteiger partial charge >= 0.3 is 56.6 Å². The third-order valence-corrected chi connectivity index (χ3v) is 0.0500. The van der Waals surface area contributed by atoms with Gasteiger partial charge in [-0.25, -0.2) is 0 Å². The Morgan fingerprint density at radius 1 is 0.917 bits per heavy atom. The fraction of sp³-hybridized carbons (Fsp3) is 0. The van der Waals surface area contributed by atoms with E-state index in [2.05, 4.69) is 0 Å². The maximum atomic E-state index is 8.55. The summed E-state index contributed by atoms with van der Waals surface area (Å²) in [5.41, 5.74) is 0. The Labute approximate surface area is 106 Å². The average Bonchev–Trinajstić information content (AvgIpc) is 1.61. The van der Waals surface area contributed by atoms with Gasteiger partial charge in [-0.15, -0.1) is 0 Å². The molecule has 0 saturated heterocycles. The molecule has 0 aromatic heterocycles. The standard InChI is InChI=1S/C2N2.3Li.H3O4P/c3-1-2-4;;;;1-5(2,3)4/h;;;;(H3,1,2,3,4)/q;3*+1;/p-3. The van der Waals surface area contributed by atoms with Gasteiger partial charge in [0, 0.05) is 0 Å². The molecule has 0 fully saturated rings. The Kier molecular flexibility index (Phi) is 43.5. The molecule has 0 spiro atoms. The quantitative estimate of drug-likeness (QED) is 0.260. The average molecular weight is 168 g/mol. The molecular formula is C2Li3N2O4P. The summed E-state index contributed by atoms with van der Waals surface area (Å²) in [4.78, 5) is 25.6. The number of rotatable bonds is 0. The first kappa shape index (κ1) is 29.3. The minimum atomic E-state index is -5.39. The monoisotopic (exact) mass is 168 g/mol. The zero-order chi connectivity index (χ0) is 7.91. The molecule has 0 radical (unpaired) electrons. The minimum Gasteiger partial charge on any atom is -0.822 e. The molecule has 0 amide bonds. The number of nitriles is 2. The van der Waals surface area contributed by atoms with Gasteiger partial charge in [-0.05, 0) is 0 Å². The van der Waals surface area contributed by atoms with Crippen molar-refractivity contribution in [1.29, 1.82) is 10.5 Å². The zero-order valence-corrected chi connectivity index (χ0v) is 7.87. The van der Waals surface area contributed by atoms with E-state index in [9.17, 15) is 0 Å². The second kappa shape index (κ2) is 17.8. The van der Waals surface area contributed by atoms with Gasteiger partial charge in [0.15, 0.2) is 12.1 Å². The molecule has 0 rings (SSSR count). The molecule has 0 aromatic rings. The largest absolute Gasteiger partial charge is 1.00 e. The molecule has 0 bridgehead atoms. The molecule has 0 aliphatic rings.